The fourth-order valence-electron chi connectivity index (χ4n) is 1.45. The van der Waals surface area contributed by atoms with Gasteiger partial charge >= 0.3 is 0 Å². The number of ether oxygens (including phenoxy) is 1. The lowest BCUT2D eigenvalue weighted by atomic mass is 10.2. The van der Waals surface area contributed by atoms with Crippen LogP contribution in [0.2, 0.25) is 5.02 Å². The van der Waals surface area contributed by atoms with Crippen molar-refractivity contribution in [3.05, 3.63) is 58.6 Å². The maximum atomic E-state index is 13.5. The summed E-state index contributed by atoms with van der Waals surface area (Å²) < 4.78 is 31.6. The van der Waals surface area contributed by atoms with E-state index in [2.05, 4.69) is 0 Å². The normalized spacial score (nSPS) is 10.4. The summed E-state index contributed by atoms with van der Waals surface area (Å²) >= 11 is 5.62. The Morgan fingerprint density at radius 2 is 1.94 bits per heavy atom. The molecule has 94 valence electrons. The first-order chi connectivity index (χ1) is 8.58. The average molecular weight is 270 g/mol. The highest BCUT2D eigenvalue weighted by Gasteiger charge is 2.08. The summed E-state index contributed by atoms with van der Waals surface area (Å²) in [5, 5.41) is -0.0143. The van der Waals surface area contributed by atoms with Crippen LogP contribution in [0.15, 0.2) is 36.4 Å². The lowest BCUT2D eigenvalue weighted by Gasteiger charge is -2.09. The molecule has 2 nitrogen and oxygen atoms in total. The molecule has 0 atom stereocenters. The maximum Gasteiger partial charge on any atom is 0.183 e. The Hall–Kier alpha value is -1.81. The van der Waals surface area contributed by atoms with E-state index in [0.717, 1.165) is 0 Å². The lowest BCUT2D eigenvalue weighted by molar-refractivity contribution is 0.291. The van der Waals surface area contributed by atoms with Gasteiger partial charge in [-0.25, -0.2) is 8.78 Å². The third kappa shape index (κ3) is 2.71. The summed E-state index contributed by atoms with van der Waals surface area (Å²) in [4.78, 5) is 0. The summed E-state index contributed by atoms with van der Waals surface area (Å²) in [6, 6.07) is 8.41. The zero-order valence-corrected chi connectivity index (χ0v) is 10.0. The van der Waals surface area contributed by atoms with E-state index in [1.54, 1.807) is 6.07 Å². The Morgan fingerprint density at radius 3 is 2.67 bits per heavy atom. The van der Waals surface area contributed by atoms with E-state index in [4.69, 9.17) is 22.1 Å². The molecule has 0 bridgehead atoms. The number of nitrogen functional groups attached to an aromatic ring is 1. The van der Waals surface area contributed by atoms with Crippen molar-refractivity contribution in [3.8, 4) is 5.75 Å². The highest BCUT2D eigenvalue weighted by atomic mass is 35.5. The molecule has 0 aliphatic carbocycles. The van der Waals surface area contributed by atoms with Crippen LogP contribution in [-0.2, 0) is 6.61 Å². The van der Waals surface area contributed by atoms with E-state index >= 15 is 0 Å². The number of hydrogen-bond acceptors (Lipinski definition) is 2. The average Bonchev–Trinajstić information content (AvgIpc) is 2.33. The molecular formula is C13H10ClF2NO. The lowest BCUT2D eigenvalue weighted by Crippen LogP contribution is -2.02. The van der Waals surface area contributed by atoms with E-state index in [-0.39, 0.29) is 23.1 Å². The Labute approximate surface area is 108 Å². The second-order valence-corrected chi connectivity index (χ2v) is 4.09. The van der Waals surface area contributed by atoms with Gasteiger partial charge in [-0.2, -0.15) is 0 Å². The summed E-state index contributed by atoms with van der Waals surface area (Å²) in [6.45, 7) is 0.0450. The third-order valence-electron chi connectivity index (χ3n) is 2.41. The minimum Gasteiger partial charge on any atom is -0.486 e. The van der Waals surface area contributed by atoms with Crippen molar-refractivity contribution in [2.75, 3.05) is 5.73 Å². The molecule has 2 aromatic rings. The van der Waals surface area contributed by atoms with Gasteiger partial charge in [0, 0.05) is 11.3 Å². The Balaban J connectivity index is 2.14. The molecule has 2 N–H and O–H groups in total. The SMILES string of the molecule is Nc1cc(F)ccc1COc1cccc(Cl)c1F. The molecule has 2 aromatic carbocycles. The van der Waals surface area contributed by atoms with Gasteiger partial charge in [0.05, 0.1) is 5.02 Å². The standard InChI is InChI=1S/C13H10ClF2NO/c14-10-2-1-3-12(13(10)16)18-7-8-4-5-9(15)6-11(8)17/h1-6H,7,17H2. The van der Waals surface area contributed by atoms with Gasteiger partial charge in [-0.05, 0) is 24.3 Å². The number of nitrogens with two attached hydrogens (primary N) is 1. The number of hydrogen-bond donors (Lipinski definition) is 1. The number of halogens is 3. The van der Waals surface area contributed by atoms with Gasteiger partial charge in [0.25, 0.3) is 0 Å². The van der Waals surface area contributed by atoms with Gasteiger partial charge in [-0.3, -0.25) is 0 Å². The molecule has 0 aliphatic heterocycles. The number of rotatable bonds is 3. The third-order valence-corrected chi connectivity index (χ3v) is 2.70. The van der Waals surface area contributed by atoms with Crippen molar-refractivity contribution in [2.45, 2.75) is 6.61 Å². The van der Waals surface area contributed by atoms with Gasteiger partial charge < -0.3 is 10.5 Å². The van der Waals surface area contributed by atoms with Crippen LogP contribution in [0.4, 0.5) is 14.5 Å². The monoisotopic (exact) mass is 269 g/mol. The van der Waals surface area contributed by atoms with Crippen LogP contribution in [-0.4, -0.2) is 0 Å². The second kappa shape index (κ2) is 5.23. The van der Waals surface area contributed by atoms with Crippen molar-refractivity contribution in [1.29, 1.82) is 0 Å². The van der Waals surface area contributed by atoms with Gasteiger partial charge in [-0.1, -0.05) is 23.7 Å². The molecule has 0 fully saturated rings. The van der Waals surface area contributed by atoms with Crippen LogP contribution in [0, 0.1) is 11.6 Å². The van der Waals surface area contributed by atoms with Crippen LogP contribution < -0.4 is 10.5 Å². The smallest absolute Gasteiger partial charge is 0.183 e. The highest BCUT2D eigenvalue weighted by Crippen LogP contribution is 2.25. The Bertz CT molecular complexity index is 575. The molecule has 0 aromatic heterocycles. The summed E-state index contributed by atoms with van der Waals surface area (Å²) in [7, 11) is 0. The molecule has 0 amide bonds. The van der Waals surface area contributed by atoms with Gasteiger partial charge in [0.15, 0.2) is 11.6 Å². The van der Waals surface area contributed by atoms with Crippen LogP contribution in [0.3, 0.4) is 0 Å². The van der Waals surface area contributed by atoms with E-state index < -0.39 is 11.6 Å². The van der Waals surface area contributed by atoms with Crippen LogP contribution in [0.25, 0.3) is 0 Å². The van der Waals surface area contributed by atoms with Crippen molar-refractivity contribution >= 4 is 17.3 Å². The molecule has 0 unspecified atom stereocenters. The molecule has 0 saturated heterocycles. The molecule has 0 spiro atoms. The van der Waals surface area contributed by atoms with Crippen molar-refractivity contribution in [1.82, 2.24) is 0 Å². The maximum absolute atomic E-state index is 13.5. The zero-order chi connectivity index (χ0) is 13.1. The first kappa shape index (κ1) is 12.6. The minimum absolute atomic E-state index is 0.0143. The molecule has 0 heterocycles. The van der Waals surface area contributed by atoms with Crippen molar-refractivity contribution in [2.24, 2.45) is 0 Å². The highest BCUT2D eigenvalue weighted by molar-refractivity contribution is 6.30. The predicted molar refractivity (Wildman–Crippen MR) is 66.6 cm³/mol. The summed E-state index contributed by atoms with van der Waals surface area (Å²) in [5.74, 6) is -1.02. The molecule has 0 aliphatic rings. The second-order valence-electron chi connectivity index (χ2n) is 3.68. The first-order valence-electron chi connectivity index (χ1n) is 5.18. The Kier molecular flexibility index (Phi) is 3.67. The molecule has 0 saturated carbocycles. The van der Waals surface area contributed by atoms with Crippen LogP contribution >= 0.6 is 11.6 Å². The topological polar surface area (TPSA) is 35.2 Å². The molecule has 18 heavy (non-hydrogen) atoms. The fraction of sp³-hybridized carbons (Fsp3) is 0.0769. The largest absolute Gasteiger partial charge is 0.486 e. The van der Waals surface area contributed by atoms with Crippen molar-refractivity contribution < 1.29 is 13.5 Å². The molecule has 5 heteroatoms. The van der Waals surface area contributed by atoms with E-state index in [1.165, 1.54) is 30.3 Å². The van der Waals surface area contributed by atoms with E-state index in [1.807, 2.05) is 0 Å². The van der Waals surface area contributed by atoms with E-state index in [0.29, 0.717) is 5.56 Å². The van der Waals surface area contributed by atoms with Crippen LogP contribution in [0.5, 0.6) is 5.75 Å². The zero-order valence-electron chi connectivity index (χ0n) is 9.29. The molecule has 2 rings (SSSR count). The molecule has 0 radical (unpaired) electrons. The van der Waals surface area contributed by atoms with Gasteiger partial charge in [-0.15, -0.1) is 0 Å². The van der Waals surface area contributed by atoms with Crippen LogP contribution in [0.1, 0.15) is 5.56 Å². The summed E-state index contributed by atoms with van der Waals surface area (Å²) in [6.07, 6.45) is 0. The minimum atomic E-state index is -0.625. The summed E-state index contributed by atoms with van der Waals surface area (Å²) in [5.41, 5.74) is 6.45. The quantitative estimate of drug-likeness (QED) is 0.861. The first-order valence-corrected chi connectivity index (χ1v) is 5.56. The predicted octanol–water partition coefficient (Wildman–Crippen LogP) is 3.78. The Morgan fingerprint density at radius 1 is 1.17 bits per heavy atom. The van der Waals surface area contributed by atoms with Gasteiger partial charge in [0.1, 0.15) is 12.4 Å². The fourth-order valence-corrected chi connectivity index (χ4v) is 1.61. The van der Waals surface area contributed by atoms with Gasteiger partial charge in [0.2, 0.25) is 0 Å². The molecular weight excluding hydrogens is 260 g/mol. The van der Waals surface area contributed by atoms with E-state index in [9.17, 15) is 8.78 Å². The number of anilines is 1. The number of benzene rings is 2. The van der Waals surface area contributed by atoms with Crippen molar-refractivity contribution in [3.63, 3.8) is 0 Å².